The standard InChI is InChI=1S/C7H7F3N2O4S2/c1-12-5-4(10)7(18(11,15)16)3(9)2(8)6(5)17(13)14/h12,17H,1H3,(H2,11,15,16). The molecule has 0 unspecified atom stereocenters. The molecule has 0 saturated heterocycles. The van der Waals surface area contributed by atoms with Gasteiger partial charge < -0.3 is 5.32 Å². The highest BCUT2D eigenvalue weighted by Gasteiger charge is 2.31. The van der Waals surface area contributed by atoms with Crippen molar-refractivity contribution in [3.8, 4) is 0 Å². The third-order valence-electron chi connectivity index (χ3n) is 1.97. The molecule has 0 bridgehead atoms. The predicted octanol–water partition coefficient (Wildman–Crippen LogP) is -0.237. The lowest BCUT2D eigenvalue weighted by molar-refractivity contribution is 0.443. The lowest BCUT2D eigenvalue weighted by atomic mass is 10.2. The minimum absolute atomic E-state index is 1.00. The summed E-state index contributed by atoms with van der Waals surface area (Å²) in [6.45, 7) is 0. The van der Waals surface area contributed by atoms with Crippen LogP contribution in [0.2, 0.25) is 0 Å². The van der Waals surface area contributed by atoms with Crippen LogP contribution in [-0.4, -0.2) is 23.9 Å². The Labute approximate surface area is 102 Å². The minimum atomic E-state index is -4.89. The van der Waals surface area contributed by atoms with Gasteiger partial charge in [-0.1, -0.05) is 0 Å². The van der Waals surface area contributed by atoms with Crippen molar-refractivity contribution < 1.29 is 30.0 Å². The summed E-state index contributed by atoms with van der Waals surface area (Å²) in [6.07, 6.45) is 0. The zero-order valence-electron chi connectivity index (χ0n) is 8.70. The quantitative estimate of drug-likeness (QED) is 0.528. The summed E-state index contributed by atoms with van der Waals surface area (Å²) >= 11 is 0. The maximum absolute atomic E-state index is 13.6. The van der Waals surface area contributed by atoms with Gasteiger partial charge in [0.25, 0.3) is 0 Å². The van der Waals surface area contributed by atoms with Gasteiger partial charge in [-0.15, -0.1) is 0 Å². The van der Waals surface area contributed by atoms with E-state index in [2.05, 4.69) is 5.14 Å². The molecule has 102 valence electrons. The number of hydrogen-bond donors (Lipinski definition) is 3. The van der Waals surface area contributed by atoms with Gasteiger partial charge in [0.1, 0.15) is 4.90 Å². The van der Waals surface area contributed by atoms with Gasteiger partial charge in [0.15, 0.2) is 33.1 Å². The van der Waals surface area contributed by atoms with Crippen molar-refractivity contribution in [3.05, 3.63) is 17.5 Å². The molecule has 0 saturated carbocycles. The van der Waals surface area contributed by atoms with Gasteiger partial charge in [0, 0.05) is 7.05 Å². The number of anilines is 1. The minimum Gasteiger partial charge on any atom is -0.385 e. The van der Waals surface area contributed by atoms with Crippen molar-refractivity contribution in [2.75, 3.05) is 12.4 Å². The molecule has 0 aliphatic carbocycles. The fourth-order valence-corrected chi connectivity index (χ4v) is 2.62. The summed E-state index contributed by atoms with van der Waals surface area (Å²) in [6, 6.07) is 0. The van der Waals surface area contributed by atoms with E-state index in [1.807, 2.05) is 5.32 Å². The monoisotopic (exact) mass is 304 g/mol. The van der Waals surface area contributed by atoms with Crippen LogP contribution in [0, 0.1) is 17.5 Å². The molecule has 0 aliphatic rings. The zero-order chi connectivity index (χ0) is 14.2. The molecule has 1 aromatic carbocycles. The highest BCUT2D eigenvalue weighted by molar-refractivity contribution is 7.89. The SMILES string of the molecule is CNc1c(F)c(S(N)(=O)=O)c(F)c(F)c1[SH](=O)=O. The van der Waals surface area contributed by atoms with Crippen LogP contribution in [0.1, 0.15) is 0 Å². The Morgan fingerprint density at radius 3 is 1.94 bits per heavy atom. The first-order valence-corrected chi connectivity index (χ1v) is 6.90. The number of primary sulfonamides is 1. The summed E-state index contributed by atoms with van der Waals surface area (Å²) in [5.41, 5.74) is -1.01. The van der Waals surface area contributed by atoms with E-state index in [1.54, 1.807) is 0 Å². The van der Waals surface area contributed by atoms with Crippen LogP contribution in [0.4, 0.5) is 18.9 Å². The Morgan fingerprint density at radius 2 is 1.61 bits per heavy atom. The van der Waals surface area contributed by atoms with E-state index in [1.165, 1.54) is 0 Å². The van der Waals surface area contributed by atoms with Crippen molar-refractivity contribution >= 4 is 26.4 Å². The molecule has 0 heterocycles. The maximum Gasteiger partial charge on any atom is 0.244 e. The van der Waals surface area contributed by atoms with Gasteiger partial charge >= 0.3 is 0 Å². The molecule has 0 fully saturated rings. The Hall–Kier alpha value is -1.33. The molecule has 18 heavy (non-hydrogen) atoms. The van der Waals surface area contributed by atoms with Crippen molar-refractivity contribution in [3.63, 3.8) is 0 Å². The van der Waals surface area contributed by atoms with Crippen molar-refractivity contribution in [2.24, 2.45) is 5.14 Å². The van der Waals surface area contributed by atoms with E-state index in [9.17, 15) is 30.0 Å². The molecule has 1 rings (SSSR count). The topological polar surface area (TPSA) is 106 Å². The third-order valence-corrected chi connectivity index (χ3v) is 3.69. The molecular formula is C7H7F3N2O4S2. The fourth-order valence-electron chi connectivity index (χ4n) is 1.28. The number of hydrogen-bond acceptors (Lipinski definition) is 5. The second-order valence-corrected chi connectivity index (χ2v) is 5.51. The van der Waals surface area contributed by atoms with Gasteiger partial charge in [-0.25, -0.2) is 35.1 Å². The Balaban J connectivity index is 4.01. The predicted molar refractivity (Wildman–Crippen MR) is 55.8 cm³/mol. The number of sulfonamides is 1. The number of rotatable bonds is 3. The number of nitrogens with two attached hydrogens (primary N) is 1. The van der Waals surface area contributed by atoms with Crippen LogP contribution in [0.25, 0.3) is 0 Å². The summed E-state index contributed by atoms with van der Waals surface area (Å²) < 4.78 is 83.6. The number of thiol groups is 1. The van der Waals surface area contributed by atoms with Gasteiger partial charge in [-0.05, 0) is 0 Å². The van der Waals surface area contributed by atoms with Crippen LogP contribution in [0.3, 0.4) is 0 Å². The van der Waals surface area contributed by atoms with E-state index in [0.717, 1.165) is 7.05 Å². The molecule has 0 amide bonds. The first kappa shape index (κ1) is 14.7. The van der Waals surface area contributed by atoms with Crippen molar-refractivity contribution in [1.29, 1.82) is 0 Å². The Kier molecular flexibility index (Phi) is 3.88. The number of benzene rings is 1. The van der Waals surface area contributed by atoms with Crippen LogP contribution >= 0.6 is 0 Å². The zero-order valence-corrected chi connectivity index (χ0v) is 10.4. The van der Waals surface area contributed by atoms with E-state index >= 15 is 0 Å². The smallest absolute Gasteiger partial charge is 0.244 e. The van der Waals surface area contributed by atoms with Gasteiger partial charge in [-0.2, -0.15) is 0 Å². The number of nitrogens with one attached hydrogen (secondary N) is 1. The Bertz CT molecular complexity index is 677. The summed E-state index contributed by atoms with van der Waals surface area (Å²) in [5.74, 6) is -5.99. The van der Waals surface area contributed by atoms with Crippen molar-refractivity contribution in [2.45, 2.75) is 9.79 Å². The van der Waals surface area contributed by atoms with E-state index in [4.69, 9.17) is 0 Å². The average Bonchev–Trinajstić information content (AvgIpc) is 2.20. The highest BCUT2D eigenvalue weighted by atomic mass is 32.2. The van der Waals surface area contributed by atoms with E-state index < -0.39 is 53.7 Å². The summed E-state index contributed by atoms with van der Waals surface area (Å²) in [4.78, 5) is -3.04. The largest absolute Gasteiger partial charge is 0.385 e. The molecular weight excluding hydrogens is 297 g/mol. The molecule has 11 heteroatoms. The molecule has 0 atom stereocenters. The highest BCUT2D eigenvalue weighted by Crippen LogP contribution is 2.32. The molecule has 3 N–H and O–H groups in total. The van der Waals surface area contributed by atoms with Crippen LogP contribution in [0.15, 0.2) is 9.79 Å². The average molecular weight is 304 g/mol. The van der Waals surface area contributed by atoms with Crippen LogP contribution < -0.4 is 10.5 Å². The first-order chi connectivity index (χ1) is 8.12. The molecule has 0 aliphatic heterocycles. The summed E-state index contributed by atoms with van der Waals surface area (Å²) in [7, 11) is -7.56. The van der Waals surface area contributed by atoms with Crippen molar-refractivity contribution in [1.82, 2.24) is 0 Å². The molecule has 0 aromatic heterocycles. The van der Waals surface area contributed by atoms with E-state index in [-0.39, 0.29) is 0 Å². The fraction of sp³-hybridized carbons (Fsp3) is 0.143. The van der Waals surface area contributed by atoms with E-state index in [0.29, 0.717) is 0 Å². The summed E-state index contributed by atoms with van der Waals surface area (Å²) in [5, 5.41) is 6.46. The van der Waals surface area contributed by atoms with Crippen LogP contribution in [-0.2, 0) is 20.7 Å². The van der Waals surface area contributed by atoms with Crippen LogP contribution in [0.5, 0.6) is 0 Å². The normalized spacial score (nSPS) is 11.9. The van der Waals surface area contributed by atoms with Gasteiger partial charge in [0.2, 0.25) is 10.0 Å². The maximum atomic E-state index is 13.6. The molecule has 0 spiro atoms. The Morgan fingerprint density at radius 1 is 1.11 bits per heavy atom. The third kappa shape index (κ3) is 2.28. The first-order valence-electron chi connectivity index (χ1n) is 4.18. The molecule has 1 aromatic rings. The van der Waals surface area contributed by atoms with Gasteiger partial charge in [0.05, 0.1) is 5.69 Å². The lowest BCUT2D eigenvalue weighted by Crippen LogP contribution is -2.19. The lowest BCUT2D eigenvalue weighted by Gasteiger charge is -2.11. The number of halogens is 3. The molecule has 6 nitrogen and oxygen atoms in total. The second-order valence-electron chi connectivity index (χ2n) is 3.05. The molecule has 0 radical (unpaired) electrons. The van der Waals surface area contributed by atoms with Gasteiger partial charge in [-0.3, -0.25) is 0 Å². The second kappa shape index (κ2) is 4.74.